The Morgan fingerprint density at radius 3 is 2.44 bits per heavy atom. The van der Waals surface area contributed by atoms with Gasteiger partial charge in [-0.2, -0.15) is 0 Å². The number of rotatable bonds is 4. The third-order valence-electron chi connectivity index (χ3n) is 5.18. The molecule has 1 aromatic carbocycles. The van der Waals surface area contributed by atoms with E-state index < -0.39 is 0 Å². The molecule has 0 N–H and O–H groups in total. The number of ether oxygens (including phenoxy) is 1. The van der Waals surface area contributed by atoms with Crippen LogP contribution in [0.25, 0.3) is 5.57 Å². The maximum absolute atomic E-state index is 12.5. The average molecular weight is 341 g/mol. The van der Waals surface area contributed by atoms with Crippen LogP contribution in [-0.4, -0.2) is 36.5 Å². The maximum atomic E-state index is 12.5. The Morgan fingerprint density at radius 1 is 1.12 bits per heavy atom. The molecule has 2 aliphatic rings. The van der Waals surface area contributed by atoms with Crippen molar-refractivity contribution in [2.45, 2.75) is 45.4 Å². The van der Waals surface area contributed by atoms with Crippen LogP contribution in [0.4, 0.5) is 0 Å². The number of carbonyl (C=O) groups is 2. The quantitative estimate of drug-likeness (QED) is 0.776. The molecule has 0 spiro atoms. The molecule has 1 aliphatic heterocycles. The summed E-state index contributed by atoms with van der Waals surface area (Å²) in [5.74, 6) is 0.0511. The highest BCUT2D eigenvalue weighted by Gasteiger charge is 2.23. The SMILES string of the molecule is CCOC(=O)C1CC=C(c2ccc(C(=O)N3CCCCC3)cc2)CC1. The summed E-state index contributed by atoms with van der Waals surface area (Å²) >= 11 is 0. The van der Waals surface area contributed by atoms with E-state index in [1.54, 1.807) is 0 Å². The molecule has 1 unspecified atom stereocenters. The molecule has 1 atom stereocenters. The van der Waals surface area contributed by atoms with E-state index in [1.165, 1.54) is 12.0 Å². The first-order chi connectivity index (χ1) is 12.2. The number of esters is 1. The van der Waals surface area contributed by atoms with Crippen molar-refractivity contribution in [3.63, 3.8) is 0 Å². The van der Waals surface area contributed by atoms with Crippen LogP contribution < -0.4 is 0 Å². The molecule has 0 aromatic heterocycles. The van der Waals surface area contributed by atoms with E-state index in [4.69, 9.17) is 4.74 Å². The maximum Gasteiger partial charge on any atom is 0.309 e. The Morgan fingerprint density at radius 2 is 1.84 bits per heavy atom. The van der Waals surface area contributed by atoms with Crippen molar-refractivity contribution in [3.8, 4) is 0 Å². The first kappa shape index (κ1) is 17.7. The first-order valence-electron chi connectivity index (χ1n) is 9.44. The largest absolute Gasteiger partial charge is 0.466 e. The van der Waals surface area contributed by atoms with Gasteiger partial charge in [0, 0.05) is 18.7 Å². The topological polar surface area (TPSA) is 46.6 Å². The molecule has 1 aromatic rings. The van der Waals surface area contributed by atoms with Crippen LogP contribution in [-0.2, 0) is 9.53 Å². The second kappa shape index (κ2) is 8.32. The monoisotopic (exact) mass is 341 g/mol. The lowest BCUT2D eigenvalue weighted by atomic mass is 9.86. The summed E-state index contributed by atoms with van der Waals surface area (Å²) in [4.78, 5) is 26.3. The smallest absolute Gasteiger partial charge is 0.309 e. The molecule has 1 saturated heterocycles. The molecular weight excluding hydrogens is 314 g/mol. The van der Waals surface area contributed by atoms with Crippen LogP contribution >= 0.6 is 0 Å². The van der Waals surface area contributed by atoms with E-state index in [1.807, 2.05) is 36.1 Å². The van der Waals surface area contributed by atoms with Gasteiger partial charge >= 0.3 is 5.97 Å². The molecule has 0 saturated carbocycles. The predicted molar refractivity (Wildman–Crippen MR) is 98.1 cm³/mol. The van der Waals surface area contributed by atoms with Gasteiger partial charge in [0.25, 0.3) is 5.91 Å². The van der Waals surface area contributed by atoms with Crippen LogP contribution in [0.2, 0.25) is 0 Å². The molecular formula is C21H27NO3. The molecule has 4 heteroatoms. The van der Waals surface area contributed by atoms with Crippen LogP contribution in [0.15, 0.2) is 30.3 Å². The average Bonchev–Trinajstić information content (AvgIpc) is 2.68. The van der Waals surface area contributed by atoms with Crippen molar-refractivity contribution in [3.05, 3.63) is 41.5 Å². The van der Waals surface area contributed by atoms with E-state index >= 15 is 0 Å². The standard InChI is InChI=1S/C21H27NO3/c1-2-25-21(24)19-12-8-17(9-13-19)16-6-10-18(11-7-16)20(23)22-14-4-3-5-15-22/h6-8,10-11,19H,2-5,9,12-15H2,1H3. The number of hydrogen-bond acceptors (Lipinski definition) is 3. The molecule has 1 aliphatic carbocycles. The zero-order valence-corrected chi connectivity index (χ0v) is 15.0. The molecule has 0 radical (unpaired) electrons. The van der Waals surface area contributed by atoms with Gasteiger partial charge in [-0.05, 0) is 68.7 Å². The van der Waals surface area contributed by atoms with Gasteiger partial charge in [-0.3, -0.25) is 9.59 Å². The summed E-state index contributed by atoms with van der Waals surface area (Å²) in [5.41, 5.74) is 3.18. The van der Waals surface area contributed by atoms with Gasteiger partial charge in [-0.25, -0.2) is 0 Å². The zero-order chi connectivity index (χ0) is 17.6. The third kappa shape index (κ3) is 4.30. The minimum Gasteiger partial charge on any atom is -0.466 e. The van der Waals surface area contributed by atoms with E-state index in [0.717, 1.165) is 56.3 Å². The van der Waals surface area contributed by atoms with Gasteiger partial charge in [-0.1, -0.05) is 18.2 Å². The fourth-order valence-corrected chi connectivity index (χ4v) is 3.68. The Bertz CT molecular complexity index is 642. The highest BCUT2D eigenvalue weighted by Crippen LogP contribution is 2.31. The van der Waals surface area contributed by atoms with Gasteiger partial charge in [-0.15, -0.1) is 0 Å². The van der Waals surface area contributed by atoms with E-state index in [-0.39, 0.29) is 17.8 Å². The number of likely N-dealkylation sites (tertiary alicyclic amines) is 1. The molecule has 1 heterocycles. The Hall–Kier alpha value is -2.10. The fraction of sp³-hybridized carbons (Fsp3) is 0.524. The van der Waals surface area contributed by atoms with Gasteiger partial charge in [0.05, 0.1) is 12.5 Å². The van der Waals surface area contributed by atoms with Crippen molar-refractivity contribution in [1.29, 1.82) is 0 Å². The zero-order valence-electron chi connectivity index (χ0n) is 15.0. The number of hydrogen-bond donors (Lipinski definition) is 0. The number of amides is 1. The van der Waals surface area contributed by atoms with Crippen molar-refractivity contribution in [2.75, 3.05) is 19.7 Å². The third-order valence-corrected chi connectivity index (χ3v) is 5.18. The van der Waals surface area contributed by atoms with Crippen LogP contribution in [0.3, 0.4) is 0 Å². The number of benzene rings is 1. The molecule has 4 nitrogen and oxygen atoms in total. The van der Waals surface area contributed by atoms with Crippen molar-refractivity contribution in [2.24, 2.45) is 5.92 Å². The second-order valence-electron chi connectivity index (χ2n) is 6.88. The number of allylic oxidation sites excluding steroid dienone is 2. The number of carbonyl (C=O) groups excluding carboxylic acids is 2. The normalized spacial score (nSPS) is 20.8. The number of piperidine rings is 1. The van der Waals surface area contributed by atoms with Gasteiger partial charge < -0.3 is 9.64 Å². The molecule has 1 amide bonds. The minimum atomic E-state index is -0.0831. The Labute approximate surface area is 149 Å². The van der Waals surface area contributed by atoms with Crippen molar-refractivity contribution >= 4 is 17.4 Å². The summed E-state index contributed by atoms with van der Waals surface area (Å²) in [6.07, 6.45) is 8.04. The van der Waals surface area contributed by atoms with E-state index in [2.05, 4.69) is 6.08 Å². The second-order valence-corrected chi connectivity index (χ2v) is 6.88. The summed E-state index contributed by atoms with van der Waals surface area (Å²) in [6, 6.07) is 7.94. The minimum absolute atomic E-state index is 0.0105. The Balaban J connectivity index is 1.62. The van der Waals surface area contributed by atoms with Gasteiger partial charge in [0.15, 0.2) is 0 Å². The van der Waals surface area contributed by atoms with Gasteiger partial charge in [0.2, 0.25) is 0 Å². The summed E-state index contributed by atoms with van der Waals surface area (Å²) in [7, 11) is 0. The van der Waals surface area contributed by atoms with Crippen LogP contribution in [0.5, 0.6) is 0 Å². The predicted octanol–water partition coefficient (Wildman–Crippen LogP) is 4.06. The molecule has 3 rings (SSSR count). The van der Waals surface area contributed by atoms with E-state index in [0.29, 0.717) is 6.61 Å². The lowest BCUT2D eigenvalue weighted by Gasteiger charge is -2.27. The van der Waals surface area contributed by atoms with Crippen LogP contribution in [0, 0.1) is 5.92 Å². The molecule has 0 bridgehead atoms. The summed E-state index contributed by atoms with van der Waals surface area (Å²) < 4.78 is 5.11. The van der Waals surface area contributed by atoms with Crippen LogP contribution in [0.1, 0.15) is 61.4 Å². The first-order valence-corrected chi connectivity index (χ1v) is 9.44. The Kier molecular flexibility index (Phi) is 5.90. The summed E-state index contributed by atoms with van der Waals surface area (Å²) in [5, 5.41) is 0. The number of nitrogens with zero attached hydrogens (tertiary/aromatic N) is 1. The van der Waals surface area contributed by atoms with Crippen molar-refractivity contribution < 1.29 is 14.3 Å². The molecule has 25 heavy (non-hydrogen) atoms. The highest BCUT2D eigenvalue weighted by molar-refractivity contribution is 5.94. The fourth-order valence-electron chi connectivity index (χ4n) is 3.68. The lowest BCUT2D eigenvalue weighted by molar-refractivity contribution is -0.148. The van der Waals surface area contributed by atoms with Crippen molar-refractivity contribution in [1.82, 2.24) is 4.90 Å². The molecule has 134 valence electrons. The van der Waals surface area contributed by atoms with Gasteiger partial charge in [0.1, 0.15) is 0 Å². The highest BCUT2D eigenvalue weighted by atomic mass is 16.5. The molecule has 1 fully saturated rings. The summed E-state index contributed by atoms with van der Waals surface area (Å²) in [6.45, 7) is 4.04. The lowest BCUT2D eigenvalue weighted by Crippen LogP contribution is -2.35. The van der Waals surface area contributed by atoms with E-state index in [9.17, 15) is 9.59 Å².